The first kappa shape index (κ1) is 13.4. The summed E-state index contributed by atoms with van der Waals surface area (Å²) in [5.41, 5.74) is 0.652. The highest BCUT2D eigenvalue weighted by atomic mass is 35.5. The lowest BCUT2D eigenvalue weighted by Crippen LogP contribution is -2.25. The van der Waals surface area contributed by atoms with E-state index in [0.717, 1.165) is 0 Å². The second-order valence-corrected chi connectivity index (χ2v) is 5.75. The van der Waals surface area contributed by atoms with E-state index in [0.29, 0.717) is 29.6 Å². The molecule has 1 atom stereocenters. The van der Waals surface area contributed by atoms with Crippen molar-refractivity contribution in [3.8, 4) is 0 Å². The van der Waals surface area contributed by atoms with E-state index < -0.39 is 0 Å². The van der Waals surface area contributed by atoms with Crippen LogP contribution in [0.15, 0.2) is 18.3 Å². The van der Waals surface area contributed by atoms with Crippen molar-refractivity contribution >= 4 is 40.1 Å². The average molecular weight is 285 g/mol. The number of carbonyl (C=O) groups excluding carboxylic acids is 2. The van der Waals surface area contributed by atoms with Gasteiger partial charge in [-0.05, 0) is 18.1 Å². The minimum atomic E-state index is 0.0408. The number of halogens is 1. The molecule has 18 heavy (non-hydrogen) atoms. The number of nitrogens with zero attached hydrogens (tertiary/aromatic N) is 2. The van der Waals surface area contributed by atoms with E-state index in [1.807, 2.05) is 0 Å². The zero-order chi connectivity index (χ0) is 13.1. The summed E-state index contributed by atoms with van der Waals surface area (Å²) in [6.45, 7) is 2.14. The normalized spacial score (nSPS) is 19.3. The fourth-order valence-corrected chi connectivity index (χ4v) is 2.86. The van der Waals surface area contributed by atoms with Gasteiger partial charge in [-0.25, -0.2) is 4.98 Å². The standard InChI is InChI=1S/C12H13ClN2O2S/c1-8(16)18-7-9-5-11(17)15(6-9)10-3-2-4-14-12(10)13/h2-4,9H,5-7H2,1H3. The number of hydrogen-bond donors (Lipinski definition) is 0. The van der Waals surface area contributed by atoms with Crippen molar-refractivity contribution in [1.29, 1.82) is 0 Å². The molecular weight excluding hydrogens is 272 g/mol. The van der Waals surface area contributed by atoms with Crippen LogP contribution in [0.25, 0.3) is 0 Å². The average Bonchev–Trinajstić information content (AvgIpc) is 2.69. The van der Waals surface area contributed by atoms with Gasteiger partial charge in [-0.1, -0.05) is 23.4 Å². The van der Waals surface area contributed by atoms with Gasteiger partial charge < -0.3 is 4.90 Å². The van der Waals surface area contributed by atoms with Gasteiger partial charge in [0.05, 0.1) is 5.69 Å². The van der Waals surface area contributed by atoms with Crippen LogP contribution in [0.1, 0.15) is 13.3 Å². The zero-order valence-electron chi connectivity index (χ0n) is 9.93. The largest absolute Gasteiger partial charge is 0.309 e. The van der Waals surface area contributed by atoms with Gasteiger partial charge in [0, 0.05) is 31.8 Å². The Labute approximate surface area is 115 Å². The maximum absolute atomic E-state index is 11.9. The predicted octanol–water partition coefficient (Wildman–Crippen LogP) is 2.37. The van der Waals surface area contributed by atoms with Gasteiger partial charge in [0.25, 0.3) is 0 Å². The third-order valence-electron chi connectivity index (χ3n) is 2.76. The molecule has 1 saturated heterocycles. The lowest BCUT2D eigenvalue weighted by atomic mass is 10.1. The molecule has 0 saturated carbocycles. The summed E-state index contributed by atoms with van der Waals surface area (Å²) in [6, 6.07) is 3.54. The summed E-state index contributed by atoms with van der Waals surface area (Å²) in [4.78, 5) is 28.5. The first-order valence-corrected chi connectivity index (χ1v) is 6.98. The molecule has 1 aromatic heterocycles. The van der Waals surface area contributed by atoms with Crippen LogP contribution < -0.4 is 4.90 Å². The van der Waals surface area contributed by atoms with E-state index in [-0.39, 0.29) is 16.9 Å². The third-order valence-corrected chi connectivity index (χ3v) is 4.09. The third kappa shape index (κ3) is 3.03. The topological polar surface area (TPSA) is 50.3 Å². The van der Waals surface area contributed by atoms with Crippen molar-refractivity contribution in [1.82, 2.24) is 4.98 Å². The monoisotopic (exact) mass is 284 g/mol. The highest BCUT2D eigenvalue weighted by molar-refractivity contribution is 8.13. The Hall–Kier alpha value is -1.07. The van der Waals surface area contributed by atoms with Gasteiger partial charge >= 0.3 is 0 Å². The summed E-state index contributed by atoms with van der Waals surface area (Å²) in [5.74, 6) is 0.914. The molecule has 96 valence electrons. The molecule has 1 aromatic rings. The molecule has 2 heterocycles. The van der Waals surface area contributed by atoms with Gasteiger partial charge in [0.1, 0.15) is 0 Å². The van der Waals surface area contributed by atoms with Crippen molar-refractivity contribution in [3.05, 3.63) is 23.5 Å². The number of anilines is 1. The molecule has 1 aliphatic rings. The van der Waals surface area contributed by atoms with Crippen molar-refractivity contribution in [3.63, 3.8) is 0 Å². The number of hydrogen-bond acceptors (Lipinski definition) is 4. The van der Waals surface area contributed by atoms with E-state index in [1.165, 1.54) is 18.7 Å². The van der Waals surface area contributed by atoms with Crippen LogP contribution in [0.5, 0.6) is 0 Å². The highest BCUT2D eigenvalue weighted by Gasteiger charge is 2.31. The minimum absolute atomic E-state index is 0.0408. The smallest absolute Gasteiger partial charge is 0.227 e. The molecule has 0 bridgehead atoms. The Bertz CT molecular complexity index is 481. The van der Waals surface area contributed by atoms with Crippen molar-refractivity contribution in [2.75, 3.05) is 17.2 Å². The molecule has 1 amide bonds. The first-order valence-electron chi connectivity index (χ1n) is 5.62. The predicted molar refractivity (Wildman–Crippen MR) is 72.8 cm³/mol. The second-order valence-electron chi connectivity index (χ2n) is 4.19. The van der Waals surface area contributed by atoms with Crippen LogP contribution in [0, 0.1) is 5.92 Å². The Morgan fingerprint density at radius 3 is 3.11 bits per heavy atom. The molecule has 1 unspecified atom stereocenters. The van der Waals surface area contributed by atoms with Crippen molar-refractivity contribution < 1.29 is 9.59 Å². The SMILES string of the molecule is CC(=O)SCC1CC(=O)N(c2cccnc2Cl)C1. The van der Waals surface area contributed by atoms with E-state index in [4.69, 9.17) is 11.6 Å². The van der Waals surface area contributed by atoms with E-state index in [1.54, 1.807) is 23.2 Å². The lowest BCUT2D eigenvalue weighted by molar-refractivity contribution is -0.117. The number of rotatable bonds is 3. The Balaban J connectivity index is 2.06. The maximum atomic E-state index is 11.9. The molecule has 0 N–H and O–H groups in total. The molecule has 2 rings (SSSR count). The summed E-state index contributed by atoms with van der Waals surface area (Å²) in [5, 5.41) is 0.422. The number of thioether (sulfide) groups is 1. The minimum Gasteiger partial charge on any atom is -0.309 e. The Kier molecular flexibility index (Phi) is 4.24. The van der Waals surface area contributed by atoms with E-state index >= 15 is 0 Å². The quantitative estimate of drug-likeness (QED) is 0.800. The van der Waals surface area contributed by atoms with Crippen LogP contribution in [-0.4, -0.2) is 28.3 Å². The van der Waals surface area contributed by atoms with E-state index in [2.05, 4.69) is 4.98 Å². The maximum Gasteiger partial charge on any atom is 0.227 e. The summed E-state index contributed by atoms with van der Waals surface area (Å²) in [6.07, 6.45) is 2.06. The fourth-order valence-electron chi connectivity index (χ4n) is 1.94. The highest BCUT2D eigenvalue weighted by Crippen LogP contribution is 2.30. The zero-order valence-corrected chi connectivity index (χ0v) is 11.5. The molecular formula is C12H13ClN2O2S. The number of amides is 1. The summed E-state index contributed by atoms with van der Waals surface area (Å²) >= 11 is 7.25. The summed E-state index contributed by atoms with van der Waals surface area (Å²) in [7, 11) is 0. The molecule has 0 aromatic carbocycles. The van der Waals surface area contributed by atoms with Gasteiger partial charge in [-0.15, -0.1) is 0 Å². The van der Waals surface area contributed by atoms with Gasteiger partial charge in [0.15, 0.2) is 10.3 Å². The van der Waals surface area contributed by atoms with Crippen LogP contribution in [-0.2, 0) is 9.59 Å². The molecule has 0 radical (unpaired) electrons. The van der Waals surface area contributed by atoms with Gasteiger partial charge in [-0.3, -0.25) is 9.59 Å². The number of pyridine rings is 1. The van der Waals surface area contributed by atoms with Crippen LogP contribution >= 0.6 is 23.4 Å². The fraction of sp³-hybridized carbons (Fsp3) is 0.417. The van der Waals surface area contributed by atoms with Crippen molar-refractivity contribution in [2.24, 2.45) is 5.92 Å². The van der Waals surface area contributed by atoms with Crippen LogP contribution in [0.2, 0.25) is 5.15 Å². The second kappa shape index (κ2) is 5.71. The Morgan fingerprint density at radius 1 is 1.67 bits per heavy atom. The number of carbonyl (C=O) groups is 2. The summed E-state index contributed by atoms with van der Waals surface area (Å²) < 4.78 is 0. The first-order chi connectivity index (χ1) is 8.58. The number of aromatic nitrogens is 1. The Morgan fingerprint density at radius 2 is 2.44 bits per heavy atom. The molecule has 1 aliphatic heterocycles. The van der Waals surface area contributed by atoms with Crippen LogP contribution in [0.3, 0.4) is 0 Å². The van der Waals surface area contributed by atoms with Gasteiger partial charge in [-0.2, -0.15) is 0 Å². The van der Waals surface area contributed by atoms with Crippen molar-refractivity contribution in [2.45, 2.75) is 13.3 Å². The van der Waals surface area contributed by atoms with E-state index in [9.17, 15) is 9.59 Å². The molecule has 6 heteroatoms. The molecule has 0 aliphatic carbocycles. The molecule has 1 fully saturated rings. The molecule has 4 nitrogen and oxygen atoms in total. The van der Waals surface area contributed by atoms with Gasteiger partial charge in [0.2, 0.25) is 5.91 Å². The lowest BCUT2D eigenvalue weighted by Gasteiger charge is -2.17. The van der Waals surface area contributed by atoms with Crippen LogP contribution in [0.4, 0.5) is 5.69 Å². The molecule has 0 spiro atoms.